The summed E-state index contributed by atoms with van der Waals surface area (Å²) in [6.45, 7) is 6.86. The second-order valence-corrected chi connectivity index (χ2v) is 6.24. The van der Waals surface area contributed by atoms with E-state index in [1.807, 2.05) is 20.4 Å². The van der Waals surface area contributed by atoms with Crippen LogP contribution in [0.2, 0.25) is 12.6 Å². The Hall–Kier alpha value is -0.393. The molecule has 0 saturated carbocycles. The van der Waals surface area contributed by atoms with E-state index >= 15 is 0 Å². The summed E-state index contributed by atoms with van der Waals surface area (Å²) in [7, 11) is -2.19. The summed E-state index contributed by atoms with van der Waals surface area (Å²) < 4.78 is 10.9. The molecule has 1 N–H and O–H groups in total. The minimum Gasteiger partial charge on any atom is -0.481 e. The maximum atomic E-state index is 10.4. The Labute approximate surface area is 80.1 Å². The second-order valence-electron chi connectivity index (χ2n) is 2.89. The van der Waals surface area contributed by atoms with E-state index in [9.17, 15) is 4.79 Å². The Morgan fingerprint density at radius 1 is 1.31 bits per heavy atom. The van der Waals surface area contributed by atoms with Gasteiger partial charge in [0.15, 0.2) is 0 Å². The van der Waals surface area contributed by atoms with Crippen LogP contribution in [-0.4, -0.2) is 32.9 Å². The van der Waals surface area contributed by atoms with Crippen LogP contribution in [0.5, 0.6) is 0 Å². The van der Waals surface area contributed by atoms with Crippen molar-refractivity contribution in [1.29, 1.82) is 0 Å². The maximum absolute atomic E-state index is 10.4. The van der Waals surface area contributed by atoms with Gasteiger partial charge >= 0.3 is 14.5 Å². The molecule has 0 bridgehead atoms. The zero-order valence-corrected chi connectivity index (χ0v) is 9.50. The lowest BCUT2D eigenvalue weighted by atomic mass is 10.5. The normalized spacial score (nSPS) is 11.6. The van der Waals surface area contributed by atoms with Crippen LogP contribution in [0.4, 0.5) is 0 Å². The first kappa shape index (κ1) is 12.6. The summed E-state index contributed by atoms with van der Waals surface area (Å²) in [6, 6.07) is 0.518. The number of rotatable bonds is 7. The minimum atomic E-state index is -2.19. The van der Waals surface area contributed by atoms with E-state index in [1.165, 1.54) is 0 Å². The van der Waals surface area contributed by atoms with Crippen LogP contribution in [0.25, 0.3) is 0 Å². The molecule has 0 aromatic rings. The summed E-state index contributed by atoms with van der Waals surface area (Å²) >= 11 is 0. The third kappa shape index (κ3) is 5.79. The van der Waals surface area contributed by atoms with E-state index in [4.69, 9.17) is 14.0 Å². The molecule has 0 atom stereocenters. The third-order valence-electron chi connectivity index (χ3n) is 1.69. The van der Waals surface area contributed by atoms with Crippen molar-refractivity contribution < 1.29 is 18.8 Å². The highest BCUT2D eigenvalue weighted by atomic mass is 28.4. The average Bonchev–Trinajstić information content (AvgIpc) is 2.02. The average molecular weight is 206 g/mol. The van der Waals surface area contributed by atoms with E-state index in [0.717, 1.165) is 0 Å². The van der Waals surface area contributed by atoms with Gasteiger partial charge in [-0.25, -0.2) is 0 Å². The number of hydrogen-bond acceptors (Lipinski definition) is 3. The quantitative estimate of drug-likeness (QED) is 0.643. The van der Waals surface area contributed by atoms with Gasteiger partial charge in [-0.2, -0.15) is 0 Å². The molecular formula is C8H18O4Si. The molecule has 0 radical (unpaired) electrons. The Morgan fingerprint density at radius 3 is 2.08 bits per heavy atom. The van der Waals surface area contributed by atoms with Crippen LogP contribution in [-0.2, 0) is 13.6 Å². The monoisotopic (exact) mass is 206 g/mol. The first-order valence-corrected chi connectivity index (χ1v) is 7.06. The lowest BCUT2D eigenvalue weighted by molar-refractivity contribution is -0.136. The fourth-order valence-electron chi connectivity index (χ4n) is 1.13. The number of carboxylic acids is 1. The molecule has 5 heteroatoms. The molecule has 13 heavy (non-hydrogen) atoms. The lowest BCUT2D eigenvalue weighted by Gasteiger charge is -2.25. The van der Waals surface area contributed by atoms with Crippen molar-refractivity contribution in [3.8, 4) is 0 Å². The highest BCUT2D eigenvalue weighted by Gasteiger charge is 2.30. The van der Waals surface area contributed by atoms with Gasteiger partial charge in [-0.1, -0.05) is 0 Å². The van der Waals surface area contributed by atoms with Crippen molar-refractivity contribution in [3.63, 3.8) is 0 Å². The molecule has 4 nitrogen and oxygen atoms in total. The molecule has 0 amide bonds. The maximum Gasteiger partial charge on any atom is 0.335 e. The first-order valence-electron chi connectivity index (χ1n) is 4.53. The van der Waals surface area contributed by atoms with Gasteiger partial charge in [0.2, 0.25) is 0 Å². The summed E-state index contributed by atoms with van der Waals surface area (Å²) in [4.78, 5) is 10.4. The van der Waals surface area contributed by atoms with E-state index in [-0.39, 0.29) is 6.42 Å². The van der Waals surface area contributed by atoms with Crippen LogP contribution < -0.4 is 0 Å². The topological polar surface area (TPSA) is 55.8 Å². The third-order valence-corrected chi connectivity index (χ3v) is 4.65. The van der Waals surface area contributed by atoms with E-state index in [1.54, 1.807) is 0 Å². The predicted octanol–water partition coefficient (Wildman–Crippen LogP) is 1.61. The summed E-state index contributed by atoms with van der Waals surface area (Å²) in [6.07, 6.45) is 0.128. The van der Waals surface area contributed by atoms with Gasteiger partial charge in [-0.15, -0.1) is 0 Å². The van der Waals surface area contributed by atoms with Crippen molar-refractivity contribution in [2.75, 3.05) is 13.2 Å². The fraction of sp³-hybridized carbons (Fsp3) is 0.875. The van der Waals surface area contributed by atoms with Crippen LogP contribution >= 0.6 is 0 Å². The molecule has 78 valence electrons. The number of carbonyl (C=O) groups is 1. The number of carboxylic acid groups (broad SMARTS) is 1. The standard InChI is InChI=1S/C8H18O4Si/c1-4-11-13(3,12-5-2)7-6-8(9)10/h4-7H2,1-3H3,(H,9,10). The molecule has 0 spiro atoms. The zero-order valence-electron chi connectivity index (χ0n) is 8.50. The van der Waals surface area contributed by atoms with Crippen molar-refractivity contribution in [2.45, 2.75) is 32.9 Å². The minimum absolute atomic E-state index is 0.128. The van der Waals surface area contributed by atoms with Gasteiger partial charge in [-0.05, 0) is 20.4 Å². The van der Waals surface area contributed by atoms with Crippen LogP contribution in [0.3, 0.4) is 0 Å². The SMILES string of the molecule is CCO[Si](C)(CCC(=O)O)OCC. The van der Waals surface area contributed by atoms with Crippen LogP contribution in [0.1, 0.15) is 20.3 Å². The molecule has 0 aromatic carbocycles. The Bertz CT molecular complexity index is 154. The van der Waals surface area contributed by atoms with Gasteiger partial charge in [0.25, 0.3) is 0 Å². The Kier molecular flexibility index (Phi) is 5.94. The van der Waals surface area contributed by atoms with E-state index < -0.39 is 14.5 Å². The number of aliphatic carboxylic acids is 1. The van der Waals surface area contributed by atoms with Gasteiger partial charge in [0, 0.05) is 25.7 Å². The highest BCUT2D eigenvalue weighted by Crippen LogP contribution is 2.15. The van der Waals surface area contributed by atoms with E-state index in [2.05, 4.69) is 0 Å². The molecule has 0 aromatic heterocycles. The molecule has 0 unspecified atom stereocenters. The Balaban J connectivity index is 3.98. The fourth-order valence-corrected chi connectivity index (χ4v) is 3.39. The molecule has 0 heterocycles. The van der Waals surface area contributed by atoms with Crippen molar-refractivity contribution in [2.24, 2.45) is 0 Å². The molecule has 0 saturated heterocycles. The molecule has 0 rings (SSSR count). The van der Waals surface area contributed by atoms with Gasteiger partial charge in [0.1, 0.15) is 0 Å². The molecule has 0 fully saturated rings. The van der Waals surface area contributed by atoms with Crippen LogP contribution in [0.15, 0.2) is 0 Å². The molecular weight excluding hydrogens is 188 g/mol. The molecule has 0 aliphatic carbocycles. The molecule has 0 aliphatic heterocycles. The zero-order chi connectivity index (χ0) is 10.3. The highest BCUT2D eigenvalue weighted by molar-refractivity contribution is 6.66. The van der Waals surface area contributed by atoms with Crippen molar-refractivity contribution in [1.82, 2.24) is 0 Å². The molecule has 0 aliphatic rings. The van der Waals surface area contributed by atoms with Crippen molar-refractivity contribution in [3.05, 3.63) is 0 Å². The largest absolute Gasteiger partial charge is 0.481 e. The van der Waals surface area contributed by atoms with E-state index in [0.29, 0.717) is 19.3 Å². The number of hydrogen-bond donors (Lipinski definition) is 1. The van der Waals surface area contributed by atoms with Crippen LogP contribution in [0, 0.1) is 0 Å². The van der Waals surface area contributed by atoms with Gasteiger partial charge in [0.05, 0.1) is 0 Å². The second kappa shape index (κ2) is 6.12. The Morgan fingerprint density at radius 2 is 1.77 bits per heavy atom. The summed E-state index contributed by atoms with van der Waals surface area (Å²) in [5.41, 5.74) is 0. The van der Waals surface area contributed by atoms with Crippen molar-refractivity contribution >= 4 is 14.5 Å². The first-order chi connectivity index (χ1) is 6.04. The summed E-state index contributed by atoms with van der Waals surface area (Å²) in [5, 5.41) is 8.52. The smallest absolute Gasteiger partial charge is 0.335 e. The van der Waals surface area contributed by atoms with Gasteiger partial charge < -0.3 is 14.0 Å². The lowest BCUT2D eigenvalue weighted by Crippen LogP contribution is -2.39. The predicted molar refractivity (Wildman–Crippen MR) is 51.9 cm³/mol. The summed E-state index contributed by atoms with van der Waals surface area (Å²) in [5.74, 6) is -0.793. The van der Waals surface area contributed by atoms with Gasteiger partial charge in [-0.3, -0.25) is 4.79 Å².